The van der Waals surface area contributed by atoms with Gasteiger partial charge in [0.15, 0.2) is 5.13 Å². The highest BCUT2D eigenvalue weighted by Gasteiger charge is 2.15. The number of amides is 1. The first-order chi connectivity index (χ1) is 11.2. The summed E-state index contributed by atoms with van der Waals surface area (Å²) in [4.78, 5) is 23.2. The molecule has 2 aromatic rings. The minimum absolute atomic E-state index is 0.240. The molecule has 0 aliphatic carbocycles. The van der Waals surface area contributed by atoms with Crippen molar-refractivity contribution in [2.45, 2.75) is 13.2 Å². The van der Waals surface area contributed by atoms with Crippen molar-refractivity contribution >= 4 is 33.7 Å². The van der Waals surface area contributed by atoms with Crippen LogP contribution >= 0.6 is 22.7 Å². The van der Waals surface area contributed by atoms with E-state index in [4.69, 9.17) is 9.47 Å². The predicted octanol–water partition coefficient (Wildman–Crippen LogP) is 1.83. The molecule has 0 aromatic carbocycles. The molecule has 9 heteroatoms. The van der Waals surface area contributed by atoms with E-state index in [1.54, 1.807) is 12.5 Å². The van der Waals surface area contributed by atoms with Crippen LogP contribution in [0, 0.1) is 0 Å². The zero-order valence-electron chi connectivity index (χ0n) is 12.8. The molecule has 0 unspecified atom stereocenters. The molecule has 0 bridgehead atoms. The van der Waals surface area contributed by atoms with Crippen LogP contribution in [-0.2, 0) is 22.6 Å². The van der Waals surface area contributed by atoms with Gasteiger partial charge in [0, 0.05) is 37.5 Å². The smallest absolute Gasteiger partial charge is 0.276 e. The van der Waals surface area contributed by atoms with E-state index in [1.165, 1.54) is 22.7 Å². The second-order valence-electron chi connectivity index (χ2n) is 5.05. The summed E-state index contributed by atoms with van der Waals surface area (Å²) in [5, 5.41) is 7.88. The number of hydrogen-bond donors (Lipinski definition) is 1. The molecule has 0 radical (unpaired) electrons. The number of nitrogens with one attached hydrogen (secondary N) is 1. The fraction of sp³-hybridized carbons (Fsp3) is 0.500. The minimum atomic E-state index is -0.240. The van der Waals surface area contributed by atoms with Crippen LogP contribution in [0.3, 0.4) is 0 Å². The van der Waals surface area contributed by atoms with E-state index in [9.17, 15) is 4.79 Å². The number of anilines is 1. The predicted molar refractivity (Wildman–Crippen MR) is 89.0 cm³/mol. The Hall–Kier alpha value is -1.39. The van der Waals surface area contributed by atoms with Crippen LogP contribution in [0.15, 0.2) is 10.8 Å². The first-order valence-corrected chi connectivity index (χ1v) is 8.99. The lowest BCUT2D eigenvalue weighted by molar-refractivity contribution is 0.0337. The molecular formula is C14H18N4O3S2. The van der Waals surface area contributed by atoms with Crippen molar-refractivity contribution in [3.8, 4) is 0 Å². The van der Waals surface area contributed by atoms with Crippen molar-refractivity contribution in [2.24, 2.45) is 0 Å². The van der Waals surface area contributed by atoms with E-state index >= 15 is 0 Å². The molecule has 23 heavy (non-hydrogen) atoms. The molecule has 1 N–H and O–H groups in total. The molecule has 7 nitrogen and oxygen atoms in total. The third kappa shape index (κ3) is 4.55. The lowest BCUT2D eigenvalue weighted by atomic mass is 10.4. The van der Waals surface area contributed by atoms with Crippen molar-refractivity contribution in [2.75, 3.05) is 38.7 Å². The summed E-state index contributed by atoms with van der Waals surface area (Å²) in [6.45, 7) is 4.56. The van der Waals surface area contributed by atoms with Gasteiger partial charge in [0.25, 0.3) is 5.91 Å². The maximum absolute atomic E-state index is 12.2. The molecule has 124 valence electrons. The Labute approximate surface area is 142 Å². The Kier molecular flexibility index (Phi) is 5.68. The number of nitrogens with zero attached hydrogens (tertiary/aromatic N) is 3. The number of morpholine rings is 1. The normalized spacial score (nSPS) is 15.7. The molecule has 3 heterocycles. The third-order valence-corrected chi connectivity index (χ3v) is 4.94. The molecule has 0 atom stereocenters. The summed E-state index contributed by atoms with van der Waals surface area (Å²) in [6, 6.07) is 0. The Bertz CT molecular complexity index is 652. The van der Waals surface area contributed by atoms with E-state index in [1.807, 2.05) is 5.38 Å². The molecule has 0 spiro atoms. The Morgan fingerprint density at radius 3 is 2.96 bits per heavy atom. The van der Waals surface area contributed by atoms with E-state index in [0.717, 1.165) is 43.5 Å². The van der Waals surface area contributed by atoms with Crippen molar-refractivity contribution in [3.05, 3.63) is 27.2 Å². The zero-order chi connectivity index (χ0) is 16.1. The fourth-order valence-electron chi connectivity index (χ4n) is 2.19. The molecular weight excluding hydrogens is 336 g/mol. The maximum Gasteiger partial charge on any atom is 0.276 e. The number of carbonyl (C=O) groups is 1. The van der Waals surface area contributed by atoms with Crippen LogP contribution in [0.5, 0.6) is 0 Å². The van der Waals surface area contributed by atoms with Gasteiger partial charge in [0.2, 0.25) is 0 Å². The number of aromatic nitrogens is 2. The second kappa shape index (κ2) is 7.93. The maximum atomic E-state index is 12.2. The number of thiazole rings is 2. The molecule has 1 aliphatic rings. The van der Waals surface area contributed by atoms with Gasteiger partial charge in [-0.25, -0.2) is 9.97 Å². The largest absolute Gasteiger partial charge is 0.379 e. The van der Waals surface area contributed by atoms with Gasteiger partial charge in [-0.3, -0.25) is 15.0 Å². The Morgan fingerprint density at radius 1 is 1.35 bits per heavy atom. The Morgan fingerprint density at radius 2 is 2.17 bits per heavy atom. The monoisotopic (exact) mass is 354 g/mol. The summed E-state index contributed by atoms with van der Waals surface area (Å²) in [6.07, 6.45) is 0. The van der Waals surface area contributed by atoms with Gasteiger partial charge >= 0.3 is 0 Å². The van der Waals surface area contributed by atoms with Crippen molar-refractivity contribution in [3.63, 3.8) is 0 Å². The van der Waals surface area contributed by atoms with Crippen LogP contribution < -0.4 is 5.32 Å². The number of methoxy groups -OCH3 is 1. The summed E-state index contributed by atoms with van der Waals surface area (Å²) in [7, 11) is 1.60. The van der Waals surface area contributed by atoms with E-state index in [-0.39, 0.29) is 5.91 Å². The number of rotatable bonds is 6. The zero-order valence-corrected chi connectivity index (χ0v) is 14.4. The lowest BCUT2D eigenvalue weighted by Crippen LogP contribution is -2.35. The van der Waals surface area contributed by atoms with Gasteiger partial charge in [-0.1, -0.05) is 0 Å². The highest BCUT2D eigenvalue weighted by Crippen LogP contribution is 2.19. The molecule has 1 saturated heterocycles. The van der Waals surface area contributed by atoms with E-state index in [0.29, 0.717) is 17.4 Å². The van der Waals surface area contributed by atoms with Gasteiger partial charge in [0.05, 0.1) is 25.5 Å². The minimum Gasteiger partial charge on any atom is -0.379 e. The third-order valence-electron chi connectivity index (χ3n) is 3.31. The molecule has 1 aliphatic heterocycles. The summed E-state index contributed by atoms with van der Waals surface area (Å²) >= 11 is 2.84. The van der Waals surface area contributed by atoms with E-state index in [2.05, 4.69) is 20.2 Å². The van der Waals surface area contributed by atoms with E-state index < -0.39 is 0 Å². The second-order valence-corrected chi connectivity index (χ2v) is 6.85. The highest BCUT2D eigenvalue weighted by atomic mass is 32.1. The van der Waals surface area contributed by atoms with Gasteiger partial charge in [0.1, 0.15) is 10.7 Å². The molecule has 1 amide bonds. The number of hydrogen-bond acceptors (Lipinski definition) is 8. The average molecular weight is 354 g/mol. The van der Waals surface area contributed by atoms with Crippen LogP contribution in [0.2, 0.25) is 0 Å². The lowest BCUT2D eigenvalue weighted by Gasteiger charge is -2.25. The van der Waals surface area contributed by atoms with Crippen molar-refractivity contribution in [1.82, 2.24) is 14.9 Å². The standard InChI is InChI=1S/C14H18N4O3S2/c1-20-7-12-16-11(9-22-12)13(19)17-14-15-10(8-23-14)6-18-2-4-21-5-3-18/h8-9H,2-7H2,1H3,(H,15,17,19). The average Bonchev–Trinajstić information content (AvgIpc) is 3.18. The highest BCUT2D eigenvalue weighted by molar-refractivity contribution is 7.14. The Balaban J connectivity index is 1.56. The van der Waals surface area contributed by atoms with Gasteiger partial charge in [-0.15, -0.1) is 22.7 Å². The molecule has 1 fully saturated rings. The van der Waals surface area contributed by atoms with Crippen LogP contribution in [0.25, 0.3) is 0 Å². The quantitative estimate of drug-likeness (QED) is 0.853. The number of carbonyl (C=O) groups excluding carboxylic acids is 1. The fourth-order valence-corrected chi connectivity index (χ4v) is 3.63. The van der Waals surface area contributed by atoms with Crippen LogP contribution in [-0.4, -0.2) is 54.2 Å². The topological polar surface area (TPSA) is 76.6 Å². The first kappa shape index (κ1) is 16.5. The summed E-state index contributed by atoms with van der Waals surface area (Å²) in [5.41, 5.74) is 1.36. The molecule has 0 saturated carbocycles. The van der Waals surface area contributed by atoms with Crippen molar-refractivity contribution in [1.29, 1.82) is 0 Å². The number of ether oxygens (including phenoxy) is 2. The van der Waals surface area contributed by atoms with Crippen molar-refractivity contribution < 1.29 is 14.3 Å². The summed E-state index contributed by atoms with van der Waals surface area (Å²) < 4.78 is 10.3. The molecule has 3 rings (SSSR count). The van der Waals surface area contributed by atoms with Crippen LogP contribution in [0.4, 0.5) is 5.13 Å². The summed E-state index contributed by atoms with van der Waals surface area (Å²) in [5.74, 6) is -0.240. The van der Waals surface area contributed by atoms with Gasteiger partial charge < -0.3 is 9.47 Å². The SMILES string of the molecule is COCc1nc(C(=O)Nc2nc(CN3CCOCC3)cs2)cs1. The van der Waals surface area contributed by atoms with Gasteiger partial charge in [-0.05, 0) is 0 Å². The first-order valence-electron chi connectivity index (χ1n) is 7.24. The van der Waals surface area contributed by atoms with Crippen LogP contribution in [0.1, 0.15) is 21.2 Å². The van der Waals surface area contributed by atoms with Gasteiger partial charge in [-0.2, -0.15) is 0 Å². The molecule has 2 aromatic heterocycles.